The van der Waals surface area contributed by atoms with Crippen molar-refractivity contribution < 1.29 is 19.1 Å². The second-order valence-electron chi connectivity index (χ2n) is 4.87. The van der Waals surface area contributed by atoms with Gasteiger partial charge in [-0.15, -0.1) is 58.8 Å². The van der Waals surface area contributed by atoms with E-state index < -0.39 is 10.0 Å². The van der Waals surface area contributed by atoms with Crippen molar-refractivity contribution >= 4 is 70.7 Å². The molecule has 9 heteroatoms. The summed E-state index contributed by atoms with van der Waals surface area (Å²) >= 11 is 9.09. The third-order valence-electron chi connectivity index (χ3n) is 3.07. The maximum absolute atomic E-state index is 12.5. The quantitative estimate of drug-likeness (QED) is 0.411. The Hall–Kier alpha value is 0.430. The van der Waals surface area contributed by atoms with E-state index in [-0.39, 0.29) is 19.6 Å². The van der Waals surface area contributed by atoms with E-state index in [9.17, 15) is 9.59 Å². The van der Waals surface area contributed by atoms with Crippen LogP contribution in [0.25, 0.3) is 0 Å². The second kappa shape index (κ2) is 5.51. The van der Waals surface area contributed by atoms with Crippen molar-refractivity contribution in [2.75, 3.05) is 6.79 Å². The first-order chi connectivity index (χ1) is 9.78. The molecule has 0 amide bonds. The number of hydrogen-bond acceptors (Lipinski definition) is 9. The van der Waals surface area contributed by atoms with Crippen LogP contribution in [0.15, 0.2) is 12.7 Å². The molecule has 4 aliphatic rings. The van der Waals surface area contributed by atoms with Gasteiger partial charge in [-0.2, -0.15) is 0 Å². The monoisotopic (exact) mass is 382 g/mol. The van der Waals surface area contributed by atoms with Crippen molar-refractivity contribution in [2.24, 2.45) is 0 Å². The van der Waals surface area contributed by atoms with Gasteiger partial charge in [0.2, 0.25) is 6.79 Å². The Bertz CT molecular complexity index is 492. The Labute approximate surface area is 144 Å². The molecule has 4 aliphatic heterocycles. The van der Waals surface area contributed by atoms with Crippen LogP contribution in [0.1, 0.15) is 20.3 Å². The molecule has 0 N–H and O–H groups in total. The summed E-state index contributed by atoms with van der Waals surface area (Å²) in [6.45, 7) is 7.30. The van der Waals surface area contributed by atoms with Crippen LogP contribution in [0.2, 0.25) is 0 Å². The zero-order valence-electron chi connectivity index (χ0n) is 11.5. The minimum atomic E-state index is -0.589. The predicted octanol–water partition coefficient (Wildman–Crippen LogP) is 3.68. The van der Waals surface area contributed by atoms with Gasteiger partial charge in [-0.3, -0.25) is 0 Å². The molecular weight excluding hydrogens is 368 g/mol. The lowest BCUT2D eigenvalue weighted by molar-refractivity contribution is -0.164. The van der Waals surface area contributed by atoms with Crippen molar-refractivity contribution in [3.63, 3.8) is 0 Å². The largest absolute Gasteiger partial charge is 0.426 e. The molecule has 0 spiro atoms. The molecule has 116 valence electrons. The molecule has 4 bridgehead atoms. The minimum absolute atomic E-state index is 0.0228. The van der Waals surface area contributed by atoms with Crippen LogP contribution in [0.4, 0.5) is 0 Å². The normalized spacial score (nSPS) is 43.4. The number of ether oxygens (including phenoxy) is 2. The van der Waals surface area contributed by atoms with Gasteiger partial charge in [0.25, 0.3) is 0 Å². The van der Waals surface area contributed by atoms with Gasteiger partial charge in [-0.05, 0) is 13.8 Å². The van der Waals surface area contributed by atoms with E-state index in [4.69, 9.17) is 9.47 Å². The van der Waals surface area contributed by atoms with E-state index in [0.717, 1.165) is 12.5 Å². The molecule has 4 fully saturated rings. The van der Waals surface area contributed by atoms with Crippen LogP contribution in [-0.2, 0) is 19.1 Å². The number of carbonyl (C=O) groups excluding carboxylic acids is 2. The molecule has 0 saturated carbocycles. The van der Waals surface area contributed by atoms with Crippen LogP contribution in [0.5, 0.6) is 0 Å². The molecule has 2 atom stereocenters. The van der Waals surface area contributed by atoms with Crippen LogP contribution >= 0.6 is 58.8 Å². The number of carbonyl (C=O) groups is 2. The Morgan fingerprint density at radius 2 is 1.81 bits per heavy atom. The highest BCUT2D eigenvalue weighted by Crippen LogP contribution is 2.81. The highest BCUT2D eigenvalue weighted by atomic mass is 32.3. The molecule has 0 radical (unpaired) electrons. The van der Waals surface area contributed by atoms with Crippen molar-refractivity contribution in [1.82, 2.24) is 0 Å². The molecular formula is C12H14O4S5. The summed E-state index contributed by atoms with van der Waals surface area (Å²) in [7, 11) is 0. The summed E-state index contributed by atoms with van der Waals surface area (Å²) in [5.41, 5.74) is 0. The molecule has 4 saturated heterocycles. The lowest BCUT2D eigenvalue weighted by Gasteiger charge is -2.60. The first kappa shape index (κ1) is 16.3. The van der Waals surface area contributed by atoms with Gasteiger partial charge in [-0.1, -0.05) is 6.58 Å². The smallest absolute Gasteiger partial charge is 0.335 e. The van der Waals surface area contributed by atoms with Crippen molar-refractivity contribution in [1.29, 1.82) is 0 Å². The SMILES string of the molecule is C=CC(=O)OCOC(=O)C12CC3SC(C)(SC(C)(S3)S1)S2. The van der Waals surface area contributed by atoms with Crippen LogP contribution in [0.3, 0.4) is 0 Å². The van der Waals surface area contributed by atoms with E-state index in [2.05, 4.69) is 20.4 Å². The average molecular weight is 383 g/mol. The van der Waals surface area contributed by atoms with Crippen molar-refractivity contribution in [3.8, 4) is 0 Å². The van der Waals surface area contributed by atoms with Gasteiger partial charge in [0, 0.05) is 12.5 Å². The first-order valence-corrected chi connectivity index (χ1v) is 10.4. The maximum atomic E-state index is 12.5. The molecule has 4 rings (SSSR count). The third-order valence-corrected chi connectivity index (χ3v) is 11.8. The third kappa shape index (κ3) is 3.08. The summed E-state index contributed by atoms with van der Waals surface area (Å²) in [6.07, 6.45) is 1.83. The van der Waals surface area contributed by atoms with Crippen LogP contribution in [-0.4, -0.2) is 34.2 Å². The molecule has 0 aromatic rings. The zero-order valence-corrected chi connectivity index (χ0v) is 15.5. The lowest BCUT2D eigenvalue weighted by atomic mass is 10.3. The second-order valence-corrected chi connectivity index (χ2v) is 15.5. The Morgan fingerprint density at radius 1 is 1.19 bits per heavy atom. The summed E-state index contributed by atoms with van der Waals surface area (Å²) in [5, 5.41) is 0. The standard InChI is InChI=1S/C12H14O4S5/c1-4-7(13)15-6-16-9(14)12-5-8-17-10(2,20-12)19-11(3,18-8)21-12/h4,8H,1,5-6H2,2-3H3. The number of thioether (sulfide) groups is 5. The Kier molecular flexibility index (Phi) is 4.27. The number of hydrogen-bond donors (Lipinski definition) is 0. The molecule has 21 heavy (non-hydrogen) atoms. The summed E-state index contributed by atoms with van der Waals surface area (Å²) < 4.78 is 9.71. The molecule has 0 aliphatic carbocycles. The fourth-order valence-corrected chi connectivity index (χ4v) is 17.9. The Morgan fingerprint density at radius 3 is 2.33 bits per heavy atom. The average Bonchev–Trinajstić information content (AvgIpc) is 2.33. The van der Waals surface area contributed by atoms with Crippen LogP contribution < -0.4 is 0 Å². The number of rotatable bonds is 4. The van der Waals surface area contributed by atoms with Gasteiger partial charge in [-0.25, -0.2) is 9.59 Å². The van der Waals surface area contributed by atoms with Gasteiger partial charge in [0.05, 0.1) is 4.58 Å². The van der Waals surface area contributed by atoms with Gasteiger partial charge >= 0.3 is 11.9 Å². The van der Waals surface area contributed by atoms with Crippen LogP contribution in [0, 0.1) is 0 Å². The van der Waals surface area contributed by atoms with E-state index in [1.807, 2.05) is 35.3 Å². The van der Waals surface area contributed by atoms with E-state index in [0.29, 0.717) is 4.58 Å². The van der Waals surface area contributed by atoms with Gasteiger partial charge < -0.3 is 9.47 Å². The minimum Gasteiger partial charge on any atom is -0.426 e. The lowest BCUT2D eigenvalue weighted by Crippen LogP contribution is -2.54. The van der Waals surface area contributed by atoms with Gasteiger partial charge in [0.15, 0.2) is 4.08 Å². The maximum Gasteiger partial charge on any atom is 0.335 e. The predicted molar refractivity (Wildman–Crippen MR) is 93.1 cm³/mol. The van der Waals surface area contributed by atoms with E-state index in [1.165, 1.54) is 0 Å². The Balaban J connectivity index is 1.71. The zero-order chi connectivity index (χ0) is 15.3. The fourth-order valence-electron chi connectivity index (χ4n) is 2.46. The summed E-state index contributed by atoms with van der Waals surface area (Å²) in [4.78, 5) is 23.5. The van der Waals surface area contributed by atoms with Gasteiger partial charge in [0.1, 0.15) is 6.82 Å². The number of esters is 2. The van der Waals surface area contributed by atoms with E-state index >= 15 is 0 Å². The topological polar surface area (TPSA) is 52.6 Å². The fraction of sp³-hybridized carbons (Fsp3) is 0.667. The van der Waals surface area contributed by atoms with E-state index in [1.54, 1.807) is 23.5 Å². The molecule has 0 aromatic heterocycles. The van der Waals surface area contributed by atoms with Crippen molar-refractivity contribution in [2.45, 2.75) is 35.8 Å². The highest BCUT2D eigenvalue weighted by molar-refractivity contribution is 8.54. The molecule has 4 nitrogen and oxygen atoms in total. The summed E-state index contributed by atoms with van der Waals surface area (Å²) in [5.74, 6) is -0.882. The first-order valence-electron chi connectivity index (χ1n) is 6.21. The summed E-state index contributed by atoms with van der Waals surface area (Å²) in [6, 6.07) is 0. The molecule has 0 aromatic carbocycles. The molecule has 2 unspecified atom stereocenters. The van der Waals surface area contributed by atoms with Crippen molar-refractivity contribution in [3.05, 3.63) is 12.7 Å². The molecule has 4 heterocycles. The highest BCUT2D eigenvalue weighted by Gasteiger charge is 2.67.